The van der Waals surface area contributed by atoms with E-state index >= 15 is 0 Å². The van der Waals surface area contributed by atoms with E-state index in [1.807, 2.05) is 13.8 Å². The van der Waals surface area contributed by atoms with E-state index < -0.39 is 0 Å². The Labute approximate surface area is 50.1 Å². The van der Waals surface area contributed by atoms with Gasteiger partial charge in [-0.2, -0.15) is 0 Å². The van der Waals surface area contributed by atoms with Gasteiger partial charge in [-0.3, -0.25) is 4.99 Å². The van der Waals surface area contributed by atoms with Crippen molar-refractivity contribution in [2.45, 2.75) is 19.9 Å². The van der Waals surface area contributed by atoms with Gasteiger partial charge in [0.1, 0.15) is 5.84 Å². The Morgan fingerprint density at radius 1 is 1.75 bits per heavy atom. The Morgan fingerprint density at radius 2 is 2.25 bits per heavy atom. The maximum atomic E-state index is 5.31. The van der Waals surface area contributed by atoms with Gasteiger partial charge in [0.15, 0.2) is 0 Å². The second-order valence-electron chi connectivity index (χ2n) is 1.85. The molecule has 0 fully saturated rings. The Bertz CT molecular complexity index is 103. The quantitative estimate of drug-likeness (QED) is 0.419. The van der Waals surface area contributed by atoms with Crippen molar-refractivity contribution in [1.29, 1.82) is 0 Å². The van der Waals surface area contributed by atoms with E-state index in [9.17, 15) is 0 Å². The van der Waals surface area contributed by atoms with Crippen LogP contribution in [0.4, 0.5) is 0 Å². The normalized spacial score (nSPS) is 12.1. The molecule has 46 valence electrons. The molecule has 0 atom stereocenters. The third-order valence-corrected chi connectivity index (χ3v) is 0.616. The predicted octanol–water partition coefficient (Wildman–Crippen LogP) is 0.938. The summed E-state index contributed by atoms with van der Waals surface area (Å²) in [5.41, 5.74) is 5.31. The maximum Gasteiger partial charge on any atom is 0.117 e. The lowest BCUT2D eigenvalue weighted by atomic mass is 10.4. The van der Waals surface area contributed by atoms with Crippen LogP contribution in [0.2, 0.25) is 0 Å². The maximum absolute atomic E-state index is 5.31. The number of amidine groups is 1. The summed E-state index contributed by atoms with van der Waals surface area (Å²) in [5.74, 6) is 0.514. The monoisotopic (exact) mass is 112 g/mol. The third-order valence-electron chi connectivity index (χ3n) is 0.616. The molecule has 0 radical (unpaired) electrons. The lowest BCUT2D eigenvalue weighted by molar-refractivity contribution is 0.835. The van der Waals surface area contributed by atoms with Gasteiger partial charge < -0.3 is 5.73 Å². The zero-order chi connectivity index (χ0) is 6.57. The molecule has 0 aliphatic heterocycles. The zero-order valence-corrected chi connectivity index (χ0v) is 5.39. The number of hydrogen-bond donors (Lipinski definition) is 1. The van der Waals surface area contributed by atoms with Crippen molar-refractivity contribution in [1.82, 2.24) is 0 Å². The summed E-state index contributed by atoms with van der Waals surface area (Å²) in [4.78, 5) is 3.97. The van der Waals surface area contributed by atoms with Gasteiger partial charge in [-0.1, -0.05) is 6.58 Å². The lowest BCUT2D eigenvalue weighted by Crippen LogP contribution is -2.09. The molecule has 0 unspecified atom stereocenters. The predicted molar refractivity (Wildman–Crippen MR) is 37.0 cm³/mol. The van der Waals surface area contributed by atoms with Crippen molar-refractivity contribution in [3.8, 4) is 0 Å². The smallest absolute Gasteiger partial charge is 0.117 e. The molecule has 0 spiro atoms. The SMILES string of the molecule is C=CC(N)=NC(C)C. The van der Waals surface area contributed by atoms with E-state index in [1.165, 1.54) is 0 Å². The van der Waals surface area contributed by atoms with Gasteiger partial charge in [-0.15, -0.1) is 0 Å². The van der Waals surface area contributed by atoms with Gasteiger partial charge in [-0.05, 0) is 19.9 Å². The van der Waals surface area contributed by atoms with Gasteiger partial charge >= 0.3 is 0 Å². The van der Waals surface area contributed by atoms with Crippen molar-refractivity contribution >= 4 is 5.84 Å². The molecule has 0 bridgehead atoms. The minimum atomic E-state index is 0.271. The number of hydrogen-bond acceptors (Lipinski definition) is 1. The largest absolute Gasteiger partial charge is 0.384 e. The standard InChI is InChI=1S/C6H12N2/c1-4-6(7)8-5(2)3/h4-5H,1H2,2-3H3,(H2,7,8). The van der Waals surface area contributed by atoms with E-state index in [0.717, 1.165) is 0 Å². The molecule has 0 aromatic carbocycles. The zero-order valence-electron chi connectivity index (χ0n) is 5.39. The first-order valence-electron chi connectivity index (χ1n) is 2.62. The fraction of sp³-hybridized carbons (Fsp3) is 0.500. The van der Waals surface area contributed by atoms with E-state index in [2.05, 4.69) is 11.6 Å². The summed E-state index contributed by atoms with van der Waals surface area (Å²) in [6.45, 7) is 7.40. The minimum Gasteiger partial charge on any atom is -0.384 e. The average Bonchev–Trinajstić information content (AvgIpc) is 1.65. The third kappa shape index (κ3) is 3.40. The highest BCUT2D eigenvalue weighted by molar-refractivity contribution is 5.90. The highest BCUT2D eigenvalue weighted by Crippen LogP contribution is 1.84. The van der Waals surface area contributed by atoms with Crippen LogP contribution in [-0.2, 0) is 0 Å². The van der Waals surface area contributed by atoms with Crippen molar-refractivity contribution in [2.75, 3.05) is 0 Å². The molecule has 0 saturated heterocycles. The van der Waals surface area contributed by atoms with Crippen LogP contribution in [0.25, 0.3) is 0 Å². The first-order chi connectivity index (χ1) is 3.66. The summed E-state index contributed by atoms with van der Waals surface area (Å²) < 4.78 is 0. The fourth-order valence-corrected chi connectivity index (χ4v) is 0.351. The summed E-state index contributed by atoms with van der Waals surface area (Å²) in [6.07, 6.45) is 1.54. The summed E-state index contributed by atoms with van der Waals surface area (Å²) >= 11 is 0. The Hall–Kier alpha value is -0.790. The van der Waals surface area contributed by atoms with Gasteiger partial charge in [0.05, 0.1) is 0 Å². The summed E-state index contributed by atoms with van der Waals surface area (Å²) in [6, 6.07) is 0.271. The van der Waals surface area contributed by atoms with Crippen LogP contribution in [0.15, 0.2) is 17.6 Å². The van der Waals surface area contributed by atoms with E-state index in [0.29, 0.717) is 5.84 Å². The second-order valence-corrected chi connectivity index (χ2v) is 1.85. The first-order valence-corrected chi connectivity index (χ1v) is 2.62. The van der Waals surface area contributed by atoms with Crippen LogP contribution >= 0.6 is 0 Å². The number of aliphatic imine (C=N–C) groups is 1. The molecular formula is C6H12N2. The molecule has 0 rings (SSSR count). The van der Waals surface area contributed by atoms with Gasteiger partial charge in [-0.25, -0.2) is 0 Å². The number of nitrogens with two attached hydrogens (primary N) is 1. The molecule has 0 aliphatic rings. The van der Waals surface area contributed by atoms with Crippen LogP contribution in [-0.4, -0.2) is 11.9 Å². The topological polar surface area (TPSA) is 38.4 Å². The van der Waals surface area contributed by atoms with Crippen LogP contribution in [0, 0.1) is 0 Å². The Kier molecular flexibility index (Phi) is 2.92. The molecule has 8 heavy (non-hydrogen) atoms. The van der Waals surface area contributed by atoms with Crippen LogP contribution in [0.3, 0.4) is 0 Å². The van der Waals surface area contributed by atoms with E-state index in [4.69, 9.17) is 5.73 Å². The second kappa shape index (κ2) is 3.24. The molecule has 2 N–H and O–H groups in total. The van der Waals surface area contributed by atoms with Gasteiger partial charge in [0.2, 0.25) is 0 Å². The van der Waals surface area contributed by atoms with E-state index in [-0.39, 0.29) is 6.04 Å². The molecule has 0 heterocycles. The molecule has 0 saturated carbocycles. The van der Waals surface area contributed by atoms with Crippen LogP contribution in [0.1, 0.15) is 13.8 Å². The Morgan fingerprint density at radius 3 is 2.38 bits per heavy atom. The highest BCUT2D eigenvalue weighted by Gasteiger charge is 1.85. The van der Waals surface area contributed by atoms with Crippen molar-refractivity contribution in [3.05, 3.63) is 12.7 Å². The molecule has 0 aromatic heterocycles. The number of rotatable bonds is 2. The summed E-state index contributed by atoms with van der Waals surface area (Å²) in [5, 5.41) is 0. The Balaban J connectivity index is 3.74. The average molecular weight is 112 g/mol. The van der Waals surface area contributed by atoms with Crippen molar-refractivity contribution < 1.29 is 0 Å². The molecule has 0 amide bonds. The fourth-order valence-electron chi connectivity index (χ4n) is 0.351. The van der Waals surface area contributed by atoms with Gasteiger partial charge in [0, 0.05) is 6.04 Å². The number of nitrogens with zero attached hydrogens (tertiary/aromatic N) is 1. The van der Waals surface area contributed by atoms with E-state index in [1.54, 1.807) is 6.08 Å². The first kappa shape index (κ1) is 7.21. The molecule has 0 aliphatic carbocycles. The van der Waals surface area contributed by atoms with Crippen LogP contribution in [0.5, 0.6) is 0 Å². The molecule has 2 heteroatoms. The van der Waals surface area contributed by atoms with Crippen molar-refractivity contribution in [2.24, 2.45) is 10.7 Å². The van der Waals surface area contributed by atoms with Gasteiger partial charge in [0.25, 0.3) is 0 Å². The molecule has 2 nitrogen and oxygen atoms in total. The lowest BCUT2D eigenvalue weighted by Gasteiger charge is -1.94. The minimum absolute atomic E-state index is 0.271. The molecule has 0 aromatic rings. The summed E-state index contributed by atoms with van der Waals surface area (Å²) in [7, 11) is 0. The van der Waals surface area contributed by atoms with Crippen LogP contribution < -0.4 is 5.73 Å². The highest BCUT2D eigenvalue weighted by atomic mass is 14.9. The molecular weight excluding hydrogens is 100 g/mol. The van der Waals surface area contributed by atoms with Crippen molar-refractivity contribution in [3.63, 3.8) is 0 Å².